The molecular formula is C33H31F3N6O2. The zero-order valence-electron chi connectivity index (χ0n) is 24.0. The Morgan fingerprint density at radius 3 is 2.73 bits per heavy atom. The van der Waals surface area contributed by atoms with E-state index in [9.17, 15) is 14.8 Å². The van der Waals surface area contributed by atoms with Crippen molar-refractivity contribution in [2.75, 3.05) is 37.7 Å². The fraction of sp³-hybridized carbons (Fsp3) is 0.424. The van der Waals surface area contributed by atoms with Crippen LogP contribution in [0.2, 0.25) is 0 Å². The first-order chi connectivity index (χ1) is 21.3. The Kier molecular flexibility index (Phi) is 6.36. The van der Waals surface area contributed by atoms with Crippen molar-refractivity contribution in [3.8, 4) is 29.0 Å². The minimum absolute atomic E-state index is 0.0446. The number of hydrogen-bond acceptors (Lipinski definition) is 8. The number of phenols is 1. The largest absolute Gasteiger partial charge is 0.508 e. The molecule has 11 heteroatoms. The van der Waals surface area contributed by atoms with Crippen molar-refractivity contribution in [1.29, 1.82) is 5.26 Å². The highest BCUT2D eigenvalue weighted by Gasteiger charge is 2.49. The van der Waals surface area contributed by atoms with E-state index in [0.29, 0.717) is 42.6 Å². The Labute approximate surface area is 252 Å². The van der Waals surface area contributed by atoms with Crippen LogP contribution in [0.1, 0.15) is 37.7 Å². The highest BCUT2D eigenvalue weighted by Crippen LogP contribution is 2.43. The zero-order valence-corrected chi connectivity index (χ0v) is 24.0. The van der Waals surface area contributed by atoms with Gasteiger partial charge in [-0.05, 0) is 61.9 Å². The number of aromatic nitrogens is 2. The van der Waals surface area contributed by atoms with E-state index in [4.69, 9.17) is 9.72 Å². The summed E-state index contributed by atoms with van der Waals surface area (Å²) in [4.78, 5) is 13.4. The standard InChI is InChI=1S/C33H31F3N6O2/c34-20-12-33(7-2-8-42(33)14-20)17-44-32-39-30-25(31(40-32)41-15-21-5-6-22(16-41)38-21)11-26(35)28(29(30)36)24-10-23(43)9-18-3-1-4-19(13-37)27(18)24/h1,3-4,9-11,20-22,38,43H,2,5-8,12,14-17H2/t20-,21?,22?,33+/m1/s1. The van der Waals surface area contributed by atoms with Gasteiger partial charge in [0, 0.05) is 54.5 Å². The van der Waals surface area contributed by atoms with Gasteiger partial charge in [-0.2, -0.15) is 15.2 Å². The third-order valence-electron chi connectivity index (χ3n) is 9.94. The maximum atomic E-state index is 16.8. The van der Waals surface area contributed by atoms with Gasteiger partial charge in [0.15, 0.2) is 5.82 Å². The van der Waals surface area contributed by atoms with Crippen molar-refractivity contribution in [2.45, 2.75) is 55.9 Å². The summed E-state index contributed by atoms with van der Waals surface area (Å²) in [5.41, 5.74) is -0.685. The minimum Gasteiger partial charge on any atom is -0.508 e. The van der Waals surface area contributed by atoms with E-state index in [2.05, 4.69) is 21.3 Å². The number of aromatic hydroxyl groups is 1. The number of nitrogens with one attached hydrogen (secondary N) is 1. The molecule has 4 atom stereocenters. The van der Waals surface area contributed by atoms with Crippen LogP contribution in [0.3, 0.4) is 0 Å². The topological polar surface area (TPSA) is 97.5 Å². The van der Waals surface area contributed by atoms with E-state index in [-0.39, 0.29) is 52.5 Å². The second kappa shape index (κ2) is 10.2. The summed E-state index contributed by atoms with van der Waals surface area (Å²) >= 11 is 0. The monoisotopic (exact) mass is 600 g/mol. The summed E-state index contributed by atoms with van der Waals surface area (Å²) in [6.45, 7) is 2.59. The maximum absolute atomic E-state index is 16.8. The van der Waals surface area contributed by atoms with E-state index >= 15 is 8.78 Å². The molecule has 0 aliphatic carbocycles. The first-order valence-electron chi connectivity index (χ1n) is 15.2. The summed E-state index contributed by atoms with van der Waals surface area (Å²) in [5.74, 6) is -1.58. The number of nitrogens with zero attached hydrogens (tertiary/aromatic N) is 5. The number of fused-ring (bicyclic) bond motifs is 5. The van der Waals surface area contributed by atoms with Crippen LogP contribution in [0.4, 0.5) is 19.0 Å². The molecule has 0 amide bonds. The molecule has 8 rings (SSSR count). The molecule has 2 unspecified atom stereocenters. The molecule has 4 fully saturated rings. The molecule has 8 nitrogen and oxygen atoms in total. The number of halogens is 3. The number of alkyl halides is 1. The van der Waals surface area contributed by atoms with Crippen LogP contribution in [0.5, 0.6) is 11.8 Å². The van der Waals surface area contributed by atoms with Gasteiger partial charge < -0.3 is 20.1 Å². The van der Waals surface area contributed by atoms with Crippen molar-refractivity contribution in [1.82, 2.24) is 20.2 Å². The lowest BCUT2D eigenvalue weighted by molar-refractivity contribution is 0.107. The van der Waals surface area contributed by atoms with E-state index in [1.807, 2.05) is 4.90 Å². The quantitative estimate of drug-likeness (QED) is 0.323. The lowest BCUT2D eigenvalue weighted by Crippen LogP contribution is -2.51. The van der Waals surface area contributed by atoms with Gasteiger partial charge in [-0.25, -0.2) is 13.2 Å². The molecule has 2 bridgehead atoms. The van der Waals surface area contributed by atoms with Gasteiger partial charge in [0.1, 0.15) is 35.7 Å². The van der Waals surface area contributed by atoms with Crippen molar-refractivity contribution in [3.05, 3.63) is 53.6 Å². The van der Waals surface area contributed by atoms with Crippen molar-refractivity contribution in [2.24, 2.45) is 0 Å². The third kappa shape index (κ3) is 4.34. The summed E-state index contributed by atoms with van der Waals surface area (Å²) in [6.07, 6.45) is 3.20. The molecule has 4 aliphatic heterocycles. The van der Waals surface area contributed by atoms with E-state index in [1.54, 1.807) is 18.2 Å². The molecule has 44 heavy (non-hydrogen) atoms. The highest BCUT2D eigenvalue weighted by atomic mass is 19.1. The number of rotatable bonds is 5. The van der Waals surface area contributed by atoms with E-state index in [1.165, 1.54) is 18.2 Å². The molecule has 3 aromatic carbocycles. The van der Waals surface area contributed by atoms with Crippen LogP contribution in [-0.2, 0) is 0 Å². The molecule has 4 aliphatic rings. The second-order valence-corrected chi connectivity index (χ2v) is 12.7. The lowest BCUT2D eigenvalue weighted by atomic mass is 9.93. The molecular weight excluding hydrogens is 569 g/mol. The fourth-order valence-corrected chi connectivity index (χ4v) is 8.03. The predicted molar refractivity (Wildman–Crippen MR) is 159 cm³/mol. The highest BCUT2D eigenvalue weighted by molar-refractivity contribution is 6.04. The molecule has 5 heterocycles. The lowest BCUT2D eigenvalue weighted by Gasteiger charge is -2.34. The van der Waals surface area contributed by atoms with Crippen molar-refractivity contribution in [3.63, 3.8) is 0 Å². The summed E-state index contributed by atoms with van der Waals surface area (Å²) in [6, 6.07) is 11.4. The summed E-state index contributed by atoms with van der Waals surface area (Å²) in [7, 11) is 0. The Hall–Kier alpha value is -4.14. The molecule has 4 saturated heterocycles. The van der Waals surface area contributed by atoms with Crippen molar-refractivity contribution < 1.29 is 23.0 Å². The fourth-order valence-electron chi connectivity index (χ4n) is 8.03. The summed E-state index contributed by atoms with van der Waals surface area (Å²) in [5, 5.41) is 24.9. The predicted octanol–water partition coefficient (Wildman–Crippen LogP) is 5.20. The first-order valence-corrected chi connectivity index (χ1v) is 15.2. The Morgan fingerprint density at radius 2 is 1.93 bits per heavy atom. The minimum atomic E-state index is -0.934. The van der Waals surface area contributed by atoms with E-state index in [0.717, 1.165) is 32.2 Å². The SMILES string of the molecule is N#Cc1cccc2cc(O)cc(-c3c(F)cc4c(N5CC6CCC(C5)N6)nc(OC[C@@]56CCCN5C[C@H](F)C6)nc4c3F)c12. The van der Waals surface area contributed by atoms with Crippen LogP contribution in [0.25, 0.3) is 32.8 Å². The zero-order chi connectivity index (χ0) is 30.2. The molecule has 1 aromatic heterocycles. The number of phenolic OH excluding ortho intramolecular Hbond substituents is 1. The number of anilines is 1. The third-order valence-corrected chi connectivity index (χ3v) is 9.94. The number of ether oxygens (including phenoxy) is 1. The maximum Gasteiger partial charge on any atom is 0.319 e. The number of hydrogen-bond donors (Lipinski definition) is 2. The van der Waals surface area contributed by atoms with Gasteiger partial charge >= 0.3 is 6.01 Å². The Morgan fingerprint density at radius 1 is 1.11 bits per heavy atom. The molecule has 226 valence electrons. The van der Waals surface area contributed by atoms with Crippen molar-refractivity contribution >= 4 is 27.5 Å². The van der Waals surface area contributed by atoms with Gasteiger partial charge in [-0.1, -0.05) is 12.1 Å². The molecule has 4 aromatic rings. The summed E-state index contributed by atoms with van der Waals surface area (Å²) < 4.78 is 53.5. The molecule has 2 N–H and O–H groups in total. The number of nitriles is 1. The molecule has 0 spiro atoms. The Balaban J connectivity index is 1.29. The molecule has 0 saturated carbocycles. The molecule has 0 radical (unpaired) electrons. The second-order valence-electron chi connectivity index (χ2n) is 12.7. The number of piperazine rings is 1. The van der Waals surface area contributed by atoms with Gasteiger partial charge in [-0.3, -0.25) is 4.90 Å². The Bertz CT molecular complexity index is 1850. The van der Waals surface area contributed by atoms with Gasteiger partial charge in [-0.15, -0.1) is 0 Å². The van der Waals surface area contributed by atoms with Crippen LogP contribution < -0.4 is 15.0 Å². The average molecular weight is 601 g/mol. The van der Waals surface area contributed by atoms with Gasteiger partial charge in [0.2, 0.25) is 0 Å². The van der Waals surface area contributed by atoms with Crippen LogP contribution >= 0.6 is 0 Å². The van der Waals surface area contributed by atoms with E-state index < -0.39 is 28.9 Å². The van der Waals surface area contributed by atoms with Gasteiger partial charge in [0.25, 0.3) is 0 Å². The smallest absolute Gasteiger partial charge is 0.319 e. The van der Waals surface area contributed by atoms with Gasteiger partial charge in [0.05, 0.1) is 22.7 Å². The van der Waals surface area contributed by atoms with Crippen LogP contribution in [0, 0.1) is 23.0 Å². The normalized spacial score (nSPS) is 26.4. The average Bonchev–Trinajstić information content (AvgIpc) is 3.65. The van der Waals surface area contributed by atoms with Crippen LogP contribution in [0.15, 0.2) is 36.4 Å². The van der Waals surface area contributed by atoms with Crippen LogP contribution in [-0.4, -0.2) is 76.6 Å². The first kappa shape index (κ1) is 27.4. The number of benzene rings is 3.